The molecule has 1 amide bonds. The maximum atomic E-state index is 11.8. The van der Waals surface area contributed by atoms with E-state index in [0.29, 0.717) is 11.6 Å². The summed E-state index contributed by atoms with van der Waals surface area (Å²) < 4.78 is 4.89. The first-order chi connectivity index (χ1) is 8.13. The van der Waals surface area contributed by atoms with Gasteiger partial charge in [-0.15, -0.1) is 0 Å². The fourth-order valence-corrected chi connectivity index (χ4v) is 1.68. The Morgan fingerprint density at radius 3 is 2.82 bits per heavy atom. The number of hydrogen-bond acceptors (Lipinski definition) is 3. The summed E-state index contributed by atoms with van der Waals surface area (Å²) in [5, 5.41) is 6.50. The van der Waals surface area contributed by atoms with Gasteiger partial charge in [0.1, 0.15) is 5.76 Å². The van der Waals surface area contributed by atoms with Gasteiger partial charge in [0.2, 0.25) is 5.91 Å². The predicted molar refractivity (Wildman–Crippen MR) is 67.8 cm³/mol. The zero-order valence-corrected chi connectivity index (χ0v) is 11.0. The monoisotopic (exact) mass is 238 g/mol. The molecule has 1 N–H and O–H groups in total. The number of carbonyl (C=O) groups excluding carboxylic acids is 1. The molecule has 1 heterocycles. The third-order valence-corrected chi connectivity index (χ3v) is 2.82. The zero-order valence-electron chi connectivity index (χ0n) is 11.0. The van der Waals surface area contributed by atoms with Crippen molar-refractivity contribution in [3.05, 3.63) is 11.8 Å². The van der Waals surface area contributed by atoms with Crippen molar-refractivity contribution in [2.75, 3.05) is 5.32 Å². The van der Waals surface area contributed by atoms with Crippen LogP contribution in [0.1, 0.15) is 51.7 Å². The molecule has 0 spiro atoms. The highest BCUT2D eigenvalue weighted by atomic mass is 16.5. The van der Waals surface area contributed by atoms with Crippen LogP contribution in [0.15, 0.2) is 10.6 Å². The molecule has 96 valence electrons. The van der Waals surface area contributed by atoms with E-state index in [1.54, 1.807) is 13.0 Å². The first-order valence-electron chi connectivity index (χ1n) is 6.37. The Kier molecular flexibility index (Phi) is 5.73. The maximum absolute atomic E-state index is 11.8. The second-order valence-electron chi connectivity index (χ2n) is 4.56. The lowest BCUT2D eigenvalue weighted by atomic mass is 10.0. The lowest BCUT2D eigenvalue weighted by Gasteiger charge is -2.09. The number of carbonyl (C=O) groups is 1. The van der Waals surface area contributed by atoms with Gasteiger partial charge >= 0.3 is 0 Å². The van der Waals surface area contributed by atoms with Crippen LogP contribution in [0.2, 0.25) is 0 Å². The van der Waals surface area contributed by atoms with Gasteiger partial charge < -0.3 is 9.84 Å². The maximum Gasteiger partial charge on any atom is 0.228 e. The molecule has 0 aliphatic heterocycles. The zero-order chi connectivity index (χ0) is 12.7. The minimum atomic E-state index is 0.0230. The third kappa shape index (κ3) is 5.02. The largest absolute Gasteiger partial charge is 0.360 e. The molecule has 0 aromatic carbocycles. The molecule has 17 heavy (non-hydrogen) atoms. The van der Waals surface area contributed by atoms with Gasteiger partial charge in [-0.25, -0.2) is 0 Å². The second kappa shape index (κ2) is 7.09. The summed E-state index contributed by atoms with van der Waals surface area (Å²) in [5.41, 5.74) is 0. The van der Waals surface area contributed by atoms with Gasteiger partial charge in [-0.1, -0.05) is 44.7 Å². The average Bonchev–Trinajstić information content (AvgIpc) is 2.70. The van der Waals surface area contributed by atoms with Crippen LogP contribution in [0.4, 0.5) is 5.82 Å². The number of amides is 1. The third-order valence-electron chi connectivity index (χ3n) is 2.82. The van der Waals surface area contributed by atoms with Gasteiger partial charge in [0, 0.05) is 12.0 Å². The molecule has 1 aromatic rings. The van der Waals surface area contributed by atoms with Crippen LogP contribution in [0.5, 0.6) is 0 Å². The van der Waals surface area contributed by atoms with E-state index in [9.17, 15) is 4.79 Å². The first kappa shape index (κ1) is 13.7. The molecular formula is C13H22N2O2. The van der Waals surface area contributed by atoms with E-state index in [0.717, 1.165) is 12.8 Å². The molecule has 0 aliphatic carbocycles. The SMILES string of the molecule is CCCCCCC(C)C(=O)Nc1cc(C)on1. The van der Waals surface area contributed by atoms with E-state index >= 15 is 0 Å². The number of aryl methyl sites for hydroxylation is 1. The van der Waals surface area contributed by atoms with Crippen molar-refractivity contribution in [3.8, 4) is 0 Å². The highest BCUT2D eigenvalue weighted by Gasteiger charge is 2.14. The molecular weight excluding hydrogens is 216 g/mol. The van der Waals surface area contributed by atoms with Gasteiger partial charge in [-0.3, -0.25) is 4.79 Å². The summed E-state index contributed by atoms with van der Waals surface area (Å²) in [6.07, 6.45) is 5.72. The van der Waals surface area contributed by atoms with Crippen LogP contribution in [-0.4, -0.2) is 11.1 Å². The van der Waals surface area contributed by atoms with E-state index in [-0.39, 0.29) is 11.8 Å². The fourth-order valence-electron chi connectivity index (χ4n) is 1.68. The molecule has 1 atom stereocenters. The van der Waals surface area contributed by atoms with Crippen molar-refractivity contribution in [1.82, 2.24) is 5.16 Å². The Bertz CT molecular complexity index is 347. The van der Waals surface area contributed by atoms with E-state index in [2.05, 4.69) is 17.4 Å². The van der Waals surface area contributed by atoms with Crippen LogP contribution < -0.4 is 5.32 Å². The number of hydrogen-bond donors (Lipinski definition) is 1. The van der Waals surface area contributed by atoms with Crippen molar-refractivity contribution in [3.63, 3.8) is 0 Å². The van der Waals surface area contributed by atoms with E-state index in [1.165, 1.54) is 19.3 Å². The average molecular weight is 238 g/mol. The first-order valence-corrected chi connectivity index (χ1v) is 6.37. The molecule has 1 rings (SSSR count). The summed E-state index contributed by atoms with van der Waals surface area (Å²) in [6.45, 7) is 5.94. The van der Waals surface area contributed by atoms with Gasteiger partial charge in [0.05, 0.1) is 0 Å². The Morgan fingerprint density at radius 1 is 1.47 bits per heavy atom. The van der Waals surface area contributed by atoms with E-state index in [4.69, 9.17) is 4.52 Å². The van der Waals surface area contributed by atoms with Gasteiger partial charge in [0.15, 0.2) is 5.82 Å². The summed E-state index contributed by atoms with van der Waals surface area (Å²) in [4.78, 5) is 11.8. The quantitative estimate of drug-likeness (QED) is 0.739. The second-order valence-corrected chi connectivity index (χ2v) is 4.56. The Morgan fingerprint density at radius 2 is 2.24 bits per heavy atom. The van der Waals surface area contributed by atoms with Crippen LogP contribution in [0.25, 0.3) is 0 Å². The number of anilines is 1. The standard InChI is InChI=1S/C13H22N2O2/c1-4-5-6-7-8-10(2)13(16)14-12-9-11(3)17-15-12/h9-10H,4-8H2,1-3H3,(H,14,15,16). The number of nitrogens with zero attached hydrogens (tertiary/aromatic N) is 1. The topological polar surface area (TPSA) is 55.1 Å². The molecule has 0 aliphatic rings. The van der Waals surface area contributed by atoms with Crippen molar-refractivity contribution in [1.29, 1.82) is 0 Å². The van der Waals surface area contributed by atoms with Gasteiger partial charge in [0.25, 0.3) is 0 Å². The summed E-state index contributed by atoms with van der Waals surface area (Å²) in [5.74, 6) is 1.27. The minimum Gasteiger partial charge on any atom is -0.360 e. The number of nitrogens with one attached hydrogen (secondary N) is 1. The molecule has 4 nitrogen and oxygen atoms in total. The lowest BCUT2D eigenvalue weighted by molar-refractivity contribution is -0.119. The predicted octanol–water partition coefficient (Wildman–Crippen LogP) is 3.53. The van der Waals surface area contributed by atoms with Crippen molar-refractivity contribution in [2.24, 2.45) is 5.92 Å². The highest BCUT2D eigenvalue weighted by Crippen LogP contribution is 2.14. The molecule has 1 unspecified atom stereocenters. The van der Waals surface area contributed by atoms with Crippen molar-refractivity contribution >= 4 is 11.7 Å². The van der Waals surface area contributed by atoms with Crippen LogP contribution in [-0.2, 0) is 4.79 Å². The van der Waals surface area contributed by atoms with E-state index in [1.807, 2.05) is 6.92 Å². The summed E-state index contributed by atoms with van der Waals surface area (Å²) in [6, 6.07) is 1.72. The molecule has 0 saturated carbocycles. The Hall–Kier alpha value is -1.32. The van der Waals surface area contributed by atoms with Gasteiger partial charge in [-0.2, -0.15) is 0 Å². The molecule has 0 radical (unpaired) electrons. The van der Waals surface area contributed by atoms with Crippen LogP contribution in [0.3, 0.4) is 0 Å². The van der Waals surface area contributed by atoms with E-state index < -0.39 is 0 Å². The number of rotatable bonds is 7. The van der Waals surface area contributed by atoms with Crippen molar-refractivity contribution < 1.29 is 9.32 Å². The molecule has 1 aromatic heterocycles. The smallest absolute Gasteiger partial charge is 0.228 e. The normalized spacial score (nSPS) is 12.4. The lowest BCUT2D eigenvalue weighted by Crippen LogP contribution is -2.20. The minimum absolute atomic E-state index is 0.0230. The molecule has 4 heteroatoms. The Labute approximate surface area is 103 Å². The van der Waals surface area contributed by atoms with Crippen LogP contribution >= 0.6 is 0 Å². The number of unbranched alkanes of at least 4 members (excludes halogenated alkanes) is 3. The van der Waals surface area contributed by atoms with Crippen LogP contribution in [0, 0.1) is 12.8 Å². The molecule has 0 saturated heterocycles. The summed E-state index contributed by atoms with van der Waals surface area (Å²) >= 11 is 0. The summed E-state index contributed by atoms with van der Waals surface area (Å²) in [7, 11) is 0. The fraction of sp³-hybridized carbons (Fsp3) is 0.692. The molecule has 0 bridgehead atoms. The van der Waals surface area contributed by atoms with Crippen molar-refractivity contribution in [2.45, 2.75) is 52.9 Å². The van der Waals surface area contributed by atoms with Gasteiger partial charge in [-0.05, 0) is 13.3 Å². The molecule has 0 fully saturated rings. The number of aromatic nitrogens is 1. The highest BCUT2D eigenvalue weighted by molar-refractivity contribution is 5.91. The Balaban J connectivity index is 2.27.